The Labute approximate surface area is 113 Å². The molecule has 1 saturated heterocycles. The van der Waals surface area contributed by atoms with Crippen molar-refractivity contribution in [3.05, 3.63) is 23.8 Å². The maximum absolute atomic E-state index is 11.5. The second-order valence-electron chi connectivity index (χ2n) is 4.73. The number of anilines is 1. The van der Waals surface area contributed by atoms with Gasteiger partial charge in [0, 0.05) is 19.2 Å². The van der Waals surface area contributed by atoms with Gasteiger partial charge in [0.1, 0.15) is 12.4 Å². The van der Waals surface area contributed by atoms with Crippen LogP contribution in [0, 0.1) is 0 Å². The number of nitrogens with one attached hydrogen (secondary N) is 1. The van der Waals surface area contributed by atoms with Gasteiger partial charge < -0.3 is 15.8 Å². The van der Waals surface area contributed by atoms with Crippen LogP contribution >= 0.6 is 0 Å². The van der Waals surface area contributed by atoms with Crippen LogP contribution in [0.15, 0.2) is 18.2 Å². The van der Waals surface area contributed by atoms with Crippen LogP contribution in [0.1, 0.15) is 23.2 Å². The predicted octanol–water partition coefficient (Wildman–Crippen LogP) is 1.10. The fraction of sp³-hybridized carbons (Fsp3) is 0.500. The molecular formula is C14H21N3O2. The van der Waals surface area contributed by atoms with Crippen LogP contribution in [-0.2, 0) is 0 Å². The minimum absolute atomic E-state index is 0.143. The molecular weight excluding hydrogens is 242 g/mol. The van der Waals surface area contributed by atoms with Crippen LogP contribution in [0.4, 0.5) is 5.69 Å². The van der Waals surface area contributed by atoms with Gasteiger partial charge >= 0.3 is 0 Å². The topological polar surface area (TPSA) is 67.6 Å². The third kappa shape index (κ3) is 3.61. The van der Waals surface area contributed by atoms with Gasteiger partial charge in [-0.3, -0.25) is 9.69 Å². The number of carbonyl (C=O) groups is 1. The molecule has 2 rings (SSSR count). The number of likely N-dealkylation sites (tertiary alicyclic amines) is 1. The molecule has 1 aliphatic rings. The van der Waals surface area contributed by atoms with Crippen molar-refractivity contribution in [2.24, 2.45) is 0 Å². The lowest BCUT2D eigenvalue weighted by Crippen LogP contribution is -2.25. The summed E-state index contributed by atoms with van der Waals surface area (Å²) >= 11 is 0. The van der Waals surface area contributed by atoms with E-state index in [1.54, 1.807) is 25.2 Å². The Bertz CT molecular complexity index is 442. The second-order valence-corrected chi connectivity index (χ2v) is 4.73. The number of amides is 1. The Balaban J connectivity index is 1.87. The lowest BCUT2D eigenvalue weighted by atomic mass is 10.2. The maximum atomic E-state index is 11.5. The summed E-state index contributed by atoms with van der Waals surface area (Å²) in [4.78, 5) is 13.8. The summed E-state index contributed by atoms with van der Waals surface area (Å²) in [5.74, 6) is 0.502. The highest BCUT2D eigenvalue weighted by Gasteiger charge is 2.11. The zero-order valence-corrected chi connectivity index (χ0v) is 11.3. The predicted molar refractivity (Wildman–Crippen MR) is 75.4 cm³/mol. The Hall–Kier alpha value is -1.75. The molecule has 1 aromatic rings. The summed E-state index contributed by atoms with van der Waals surface area (Å²) < 4.78 is 5.67. The first-order valence-electron chi connectivity index (χ1n) is 6.67. The van der Waals surface area contributed by atoms with Crippen LogP contribution in [0.25, 0.3) is 0 Å². The molecule has 1 heterocycles. The third-order valence-corrected chi connectivity index (χ3v) is 3.36. The molecule has 0 spiro atoms. The minimum atomic E-state index is -0.143. The molecule has 1 aliphatic heterocycles. The molecule has 5 heteroatoms. The van der Waals surface area contributed by atoms with E-state index in [1.165, 1.54) is 12.8 Å². The first-order valence-corrected chi connectivity index (χ1v) is 6.67. The van der Waals surface area contributed by atoms with Crippen LogP contribution in [-0.4, -0.2) is 44.1 Å². The first-order chi connectivity index (χ1) is 9.20. The molecule has 5 nitrogen and oxygen atoms in total. The summed E-state index contributed by atoms with van der Waals surface area (Å²) in [5.41, 5.74) is 6.94. The van der Waals surface area contributed by atoms with Gasteiger partial charge in [0.25, 0.3) is 5.91 Å². The molecule has 104 valence electrons. The number of rotatable bonds is 5. The minimum Gasteiger partial charge on any atom is -0.490 e. The Morgan fingerprint density at radius 3 is 2.79 bits per heavy atom. The standard InChI is InChI=1S/C14H21N3O2/c1-16-14(18)11-4-5-13(12(15)10-11)19-9-8-17-6-2-3-7-17/h4-5,10H,2-3,6-9,15H2,1H3,(H,16,18). The molecule has 0 aromatic heterocycles. The molecule has 0 saturated carbocycles. The van der Waals surface area contributed by atoms with Gasteiger partial charge in [0.15, 0.2) is 0 Å². The van der Waals surface area contributed by atoms with Crippen molar-refractivity contribution < 1.29 is 9.53 Å². The average Bonchev–Trinajstić information content (AvgIpc) is 2.93. The van der Waals surface area contributed by atoms with Gasteiger partial charge in [-0.2, -0.15) is 0 Å². The van der Waals surface area contributed by atoms with Gasteiger partial charge in [-0.1, -0.05) is 0 Å². The van der Waals surface area contributed by atoms with Gasteiger partial charge in [0.05, 0.1) is 5.69 Å². The van der Waals surface area contributed by atoms with Crippen molar-refractivity contribution in [1.29, 1.82) is 0 Å². The van der Waals surface area contributed by atoms with Gasteiger partial charge in [-0.05, 0) is 44.1 Å². The molecule has 19 heavy (non-hydrogen) atoms. The second kappa shape index (κ2) is 6.43. The fourth-order valence-corrected chi connectivity index (χ4v) is 2.26. The monoisotopic (exact) mass is 263 g/mol. The van der Waals surface area contributed by atoms with Crippen molar-refractivity contribution in [1.82, 2.24) is 10.2 Å². The van der Waals surface area contributed by atoms with Crippen molar-refractivity contribution in [3.8, 4) is 5.75 Å². The summed E-state index contributed by atoms with van der Waals surface area (Å²) in [6.07, 6.45) is 2.56. The van der Waals surface area contributed by atoms with E-state index in [0.29, 0.717) is 23.6 Å². The van der Waals surface area contributed by atoms with Gasteiger partial charge in [0.2, 0.25) is 0 Å². The fourth-order valence-electron chi connectivity index (χ4n) is 2.26. The highest BCUT2D eigenvalue weighted by Crippen LogP contribution is 2.22. The largest absolute Gasteiger partial charge is 0.490 e. The number of ether oxygens (including phenoxy) is 1. The zero-order chi connectivity index (χ0) is 13.7. The van der Waals surface area contributed by atoms with Crippen LogP contribution in [0.2, 0.25) is 0 Å². The van der Waals surface area contributed by atoms with Crippen LogP contribution in [0.3, 0.4) is 0 Å². The Morgan fingerprint density at radius 2 is 2.16 bits per heavy atom. The van der Waals surface area contributed by atoms with E-state index in [2.05, 4.69) is 10.2 Å². The quantitative estimate of drug-likeness (QED) is 0.781. The van der Waals surface area contributed by atoms with Crippen LogP contribution in [0.5, 0.6) is 5.75 Å². The number of nitrogens with two attached hydrogens (primary N) is 1. The summed E-state index contributed by atoms with van der Waals surface area (Å²) in [7, 11) is 1.60. The SMILES string of the molecule is CNC(=O)c1ccc(OCCN2CCCC2)c(N)c1. The van der Waals surface area contributed by atoms with E-state index < -0.39 is 0 Å². The molecule has 1 amide bonds. The Kier molecular flexibility index (Phi) is 4.63. The lowest BCUT2D eigenvalue weighted by Gasteiger charge is -2.16. The molecule has 0 aliphatic carbocycles. The molecule has 1 fully saturated rings. The number of hydrogen-bond donors (Lipinski definition) is 2. The smallest absolute Gasteiger partial charge is 0.251 e. The van der Waals surface area contributed by atoms with E-state index in [1.807, 2.05) is 0 Å². The average molecular weight is 263 g/mol. The molecule has 0 atom stereocenters. The molecule has 0 unspecified atom stereocenters. The van der Waals surface area contributed by atoms with Gasteiger partial charge in [-0.25, -0.2) is 0 Å². The third-order valence-electron chi connectivity index (χ3n) is 3.36. The zero-order valence-electron chi connectivity index (χ0n) is 11.3. The summed E-state index contributed by atoms with van der Waals surface area (Å²) in [5, 5.41) is 2.57. The maximum Gasteiger partial charge on any atom is 0.251 e. The Morgan fingerprint density at radius 1 is 1.42 bits per heavy atom. The highest BCUT2D eigenvalue weighted by molar-refractivity contribution is 5.95. The van der Waals surface area contributed by atoms with E-state index in [-0.39, 0.29) is 5.91 Å². The van der Waals surface area contributed by atoms with E-state index in [0.717, 1.165) is 19.6 Å². The number of hydrogen-bond acceptors (Lipinski definition) is 4. The summed E-state index contributed by atoms with van der Waals surface area (Å²) in [6, 6.07) is 5.12. The normalized spacial score (nSPS) is 15.4. The summed E-state index contributed by atoms with van der Waals surface area (Å²) in [6.45, 7) is 3.88. The molecule has 0 bridgehead atoms. The number of nitrogen functional groups attached to an aromatic ring is 1. The van der Waals surface area contributed by atoms with Gasteiger partial charge in [-0.15, -0.1) is 0 Å². The first kappa shape index (κ1) is 13.7. The van der Waals surface area contributed by atoms with Crippen LogP contribution < -0.4 is 15.8 Å². The highest BCUT2D eigenvalue weighted by atomic mass is 16.5. The van der Waals surface area contributed by atoms with E-state index in [4.69, 9.17) is 10.5 Å². The van der Waals surface area contributed by atoms with Crippen molar-refractivity contribution in [2.75, 3.05) is 39.0 Å². The number of benzene rings is 1. The molecule has 3 N–H and O–H groups in total. The van der Waals surface area contributed by atoms with Crippen molar-refractivity contribution in [2.45, 2.75) is 12.8 Å². The number of carbonyl (C=O) groups excluding carboxylic acids is 1. The number of nitrogens with zero attached hydrogens (tertiary/aromatic N) is 1. The van der Waals surface area contributed by atoms with Crippen molar-refractivity contribution >= 4 is 11.6 Å². The lowest BCUT2D eigenvalue weighted by molar-refractivity contribution is 0.0963. The van der Waals surface area contributed by atoms with Crippen molar-refractivity contribution in [3.63, 3.8) is 0 Å². The van der Waals surface area contributed by atoms with E-state index in [9.17, 15) is 4.79 Å². The molecule has 0 radical (unpaired) electrons. The molecule has 1 aromatic carbocycles. The van der Waals surface area contributed by atoms with E-state index >= 15 is 0 Å².